The molecule has 1 aromatic heterocycles. The number of carbonyl (C=O) groups excluding carboxylic acids is 1. The molecular formula is C20H20N2O2. The Bertz CT molecular complexity index is 869. The van der Waals surface area contributed by atoms with Crippen molar-refractivity contribution in [2.75, 3.05) is 13.2 Å². The number of benzene rings is 2. The fraction of sp³-hybridized carbons (Fsp3) is 0.250. The number of amides is 1. The van der Waals surface area contributed by atoms with Gasteiger partial charge in [0.25, 0.3) is 0 Å². The minimum atomic E-state index is -0.108. The van der Waals surface area contributed by atoms with Crippen LogP contribution < -0.4 is 10.1 Å². The molecule has 1 atom stereocenters. The standard InChI is InChI=1S/C20H20N2O2/c23-20(16-11-14-5-1-4-8-19(14)24-13-16)21-10-9-15-12-22-18-7-3-2-6-17(15)18/h1-8,12,16,22H,9-11,13H2,(H,21,23). The highest BCUT2D eigenvalue weighted by Crippen LogP contribution is 2.26. The third-order valence-electron chi connectivity index (χ3n) is 4.62. The van der Waals surface area contributed by atoms with Crippen LogP contribution in [0.25, 0.3) is 10.9 Å². The van der Waals surface area contributed by atoms with Gasteiger partial charge in [-0.3, -0.25) is 4.79 Å². The summed E-state index contributed by atoms with van der Waals surface area (Å²) in [7, 11) is 0. The topological polar surface area (TPSA) is 54.1 Å². The van der Waals surface area contributed by atoms with Crippen LogP contribution in [0.1, 0.15) is 11.1 Å². The van der Waals surface area contributed by atoms with Crippen LogP contribution in [0.2, 0.25) is 0 Å². The van der Waals surface area contributed by atoms with Crippen molar-refractivity contribution in [3.63, 3.8) is 0 Å². The van der Waals surface area contributed by atoms with Gasteiger partial charge in [0.1, 0.15) is 12.4 Å². The molecule has 0 saturated heterocycles. The van der Waals surface area contributed by atoms with E-state index < -0.39 is 0 Å². The smallest absolute Gasteiger partial charge is 0.226 e. The minimum absolute atomic E-state index is 0.0735. The lowest BCUT2D eigenvalue weighted by molar-refractivity contribution is -0.126. The molecule has 0 aliphatic carbocycles. The average molecular weight is 320 g/mol. The van der Waals surface area contributed by atoms with Crippen molar-refractivity contribution in [1.82, 2.24) is 10.3 Å². The monoisotopic (exact) mass is 320 g/mol. The fourth-order valence-electron chi connectivity index (χ4n) is 3.30. The second-order valence-electron chi connectivity index (χ2n) is 6.22. The van der Waals surface area contributed by atoms with Crippen molar-refractivity contribution in [2.45, 2.75) is 12.8 Å². The van der Waals surface area contributed by atoms with E-state index in [4.69, 9.17) is 4.74 Å². The molecular weight excluding hydrogens is 300 g/mol. The third kappa shape index (κ3) is 2.87. The van der Waals surface area contributed by atoms with Crippen molar-refractivity contribution in [3.8, 4) is 5.75 Å². The van der Waals surface area contributed by atoms with Gasteiger partial charge in [0.15, 0.2) is 0 Å². The second kappa shape index (κ2) is 6.40. The van der Waals surface area contributed by atoms with E-state index in [0.29, 0.717) is 13.2 Å². The van der Waals surface area contributed by atoms with Crippen molar-refractivity contribution in [1.29, 1.82) is 0 Å². The number of H-pyrrole nitrogens is 1. The van der Waals surface area contributed by atoms with Crippen molar-refractivity contribution < 1.29 is 9.53 Å². The SMILES string of the molecule is O=C(NCCc1c[nH]c2ccccc12)C1COc2ccccc2C1. The zero-order valence-corrected chi connectivity index (χ0v) is 13.4. The Morgan fingerprint density at radius 1 is 1.17 bits per heavy atom. The molecule has 2 heterocycles. The number of nitrogens with one attached hydrogen (secondary N) is 2. The maximum atomic E-state index is 12.4. The van der Waals surface area contributed by atoms with E-state index in [-0.39, 0.29) is 11.8 Å². The predicted octanol–water partition coefficient (Wildman–Crippen LogP) is 3.08. The normalized spacial score (nSPS) is 16.4. The molecule has 1 amide bonds. The molecule has 0 fully saturated rings. The van der Waals surface area contributed by atoms with Crippen LogP contribution in [0.15, 0.2) is 54.7 Å². The summed E-state index contributed by atoms with van der Waals surface area (Å²) in [5.74, 6) is 0.868. The Kier molecular flexibility index (Phi) is 3.95. The zero-order chi connectivity index (χ0) is 16.4. The van der Waals surface area contributed by atoms with Gasteiger partial charge in [-0.1, -0.05) is 36.4 Å². The summed E-state index contributed by atoms with van der Waals surface area (Å²) in [5, 5.41) is 4.28. The van der Waals surface area contributed by atoms with Crippen molar-refractivity contribution >= 4 is 16.8 Å². The highest BCUT2D eigenvalue weighted by Gasteiger charge is 2.25. The molecule has 4 rings (SSSR count). The van der Waals surface area contributed by atoms with Gasteiger partial charge in [-0.15, -0.1) is 0 Å². The van der Waals surface area contributed by atoms with Crippen LogP contribution in [0.3, 0.4) is 0 Å². The first-order chi connectivity index (χ1) is 11.8. The molecule has 24 heavy (non-hydrogen) atoms. The van der Waals surface area contributed by atoms with Crippen molar-refractivity contribution in [2.24, 2.45) is 5.92 Å². The highest BCUT2D eigenvalue weighted by atomic mass is 16.5. The van der Waals surface area contributed by atoms with Gasteiger partial charge in [-0.05, 0) is 36.1 Å². The summed E-state index contributed by atoms with van der Waals surface area (Å²) >= 11 is 0. The number of fused-ring (bicyclic) bond motifs is 2. The van der Waals surface area contributed by atoms with E-state index in [9.17, 15) is 4.79 Å². The molecule has 2 N–H and O–H groups in total. The van der Waals surface area contributed by atoms with Crippen LogP contribution in [0, 0.1) is 5.92 Å². The summed E-state index contributed by atoms with van der Waals surface area (Å²) < 4.78 is 5.70. The fourth-order valence-corrected chi connectivity index (χ4v) is 3.30. The van der Waals surface area contributed by atoms with E-state index in [0.717, 1.165) is 29.7 Å². The summed E-state index contributed by atoms with van der Waals surface area (Å²) in [5.41, 5.74) is 3.48. The van der Waals surface area contributed by atoms with Gasteiger partial charge in [0, 0.05) is 23.6 Å². The van der Waals surface area contributed by atoms with Crippen LogP contribution >= 0.6 is 0 Å². The summed E-state index contributed by atoms with van der Waals surface area (Å²) in [6.07, 6.45) is 3.59. The van der Waals surface area contributed by atoms with Crippen LogP contribution in [-0.4, -0.2) is 24.0 Å². The highest BCUT2D eigenvalue weighted by molar-refractivity contribution is 5.83. The number of ether oxygens (including phenoxy) is 1. The van der Waals surface area contributed by atoms with Gasteiger partial charge in [-0.25, -0.2) is 0 Å². The Balaban J connectivity index is 1.34. The molecule has 2 aromatic carbocycles. The maximum absolute atomic E-state index is 12.4. The molecule has 4 heteroatoms. The number of hydrogen-bond acceptors (Lipinski definition) is 2. The van der Waals surface area contributed by atoms with Gasteiger partial charge in [-0.2, -0.15) is 0 Å². The minimum Gasteiger partial charge on any atom is -0.492 e. The molecule has 122 valence electrons. The molecule has 1 aliphatic heterocycles. The zero-order valence-electron chi connectivity index (χ0n) is 13.4. The number of aromatic amines is 1. The molecule has 3 aromatic rings. The van der Waals surface area contributed by atoms with Gasteiger partial charge >= 0.3 is 0 Å². The number of para-hydroxylation sites is 2. The first-order valence-corrected chi connectivity index (χ1v) is 8.34. The largest absolute Gasteiger partial charge is 0.492 e. The van der Waals surface area contributed by atoms with Gasteiger partial charge in [0.05, 0.1) is 5.92 Å². The number of rotatable bonds is 4. The lowest BCUT2D eigenvalue weighted by Crippen LogP contribution is -2.38. The van der Waals surface area contributed by atoms with E-state index in [2.05, 4.69) is 22.4 Å². The summed E-state index contributed by atoms with van der Waals surface area (Å²) in [4.78, 5) is 15.7. The molecule has 0 bridgehead atoms. The lowest BCUT2D eigenvalue weighted by Gasteiger charge is -2.24. The molecule has 0 spiro atoms. The first kappa shape index (κ1) is 14.8. The summed E-state index contributed by atoms with van der Waals surface area (Å²) in [6, 6.07) is 16.2. The van der Waals surface area contributed by atoms with Crippen LogP contribution in [-0.2, 0) is 17.6 Å². The van der Waals surface area contributed by atoms with E-state index in [1.807, 2.05) is 42.6 Å². The molecule has 1 unspecified atom stereocenters. The van der Waals surface area contributed by atoms with Gasteiger partial charge in [0.2, 0.25) is 5.91 Å². The Morgan fingerprint density at radius 3 is 2.96 bits per heavy atom. The van der Waals surface area contributed by atoms with E-state index in [1.54, 1.807) is 0 Å². The predicted molar refractivity (Wildman–Crippen MR) is 94.1 cm³/mol. The quantitative estimate of drug-likeness (QED) is 0.776. The number of carbonyl (C=O) groups is 1. The Hall–Kier alpha value is -2.75. The molecule has 1 aliphatic rings. The summed E-state index contributed by atoms with van der Waals surface area (Å²) in [6.45, 7) is 1.09. The number of aromatic nitrogens is 1. The average Bonchev–Trinajstić information content (AvgIpc) is 3.04. The molecule has 0 saturated carbocycles. The first-order valence-electron chi connectivity index (χ1n) is 8.34. The van der Waals surface area contributed by atoms with Crippen LogP contribution in [0.4, 0.5) is 0 Å². The van der Waals surface area contributed by atoms with Gasteiger partial charge < -0.3 is 15.0 Å². The van der Waals surface area contributed by atoms with E-state index >= 15 is 0 Å². The van der Waals surface area contributed by atoms with Crippen LogP contribution in [0.5, 0.6) is 5.75 Å². The number of hydrogen-bond donors (Lipinski definition) is 2. The van der Waals surface area contributed by atoms with E-state index in [1.165, 1.54) is 10.9 Å². The second-order valence-corrected chi connectivity index (χ2v) is 6.22. The maximum Gasteiger partial charge on any atom is 0.226 e. The Morgan fingerprint density at radius 2 is 2.00 bits per heavy atom. The van der Waals surface area contributed by atoms with Crippen molar-refractivity contribution in [3.05, 3.63) is 65.9 Å². The molecule has 4 nitrogen and oxygen atoms in total. The Labute approximate surface area is 140 Å². The molecule has 0 radical (unpaired) electrons. The lowest BCUT2D eigenvalue weighted by atomic mass is 9.96. The third-order valence-corrected chi connectivity index (χ3v) is 4.62.